The molecule has 0 spiro atoms. The van der Waals surface area contributed by atoms with Crippen molar-refractivity contribution in [1.29, 1.82) is 5.26 Å². The van der Waals surface area contributed by atoms with Gasteiger partial charge in [0, 0.05) is 24.4 Å². The highest BCUT2D eigenvalue weighted by atomic mass is 19.1. The summed E-state index contributed by atoms with van der Waals surface area (Å²) in [4.78, 5) is 14.9. The zero-order chi connectivity index (χ0) is 21.2. The van der Waals surface area contributed by atoms with Gasteiger partial charge >= 0.3 is 5.97 Å². The Morgan fingerprint density at radius 1 is 1.41 bits per heavy atom. The summed E-state index contributed by atoms with van der Waals surface area (Å²) in [6, 6.07) is 6.58. The summed E-state index contributed by atoms with van der Waals surface area (Å²) in [5, 5.41) is 18.7. The minimum atomic E-state index is -1.01. The predicted octanol–water partition coefficient (Wildman–Crippen LogP) is 4.88. The summed E-state index contributed by atoms with van der Waals surface area (Å²) in [5.41, 5.74) is 2.47. The Balaban J connectivity index is 2.33. The number of methoxy groups -OCH3 is 1. The number of rotatable bonds is 7. The third-order valence-corrected chi connectivity index (χ3v) is 4.52. The van der Waals surface area contributed by atoms with Crippen LogP contribution >= 0.6 is 0 Å². The van der Waals surface area contributed by atoms with Crippen molar-refractivity contribution in [2.75, 3.05) is 14.2 Å². The molecule has 2 rings (SSSR count). The molecule has 1 aliphatic carbocycles. The summed E-state index contributed by atoms with van der Waals surface area (Å²) >= 11 is 0. The highest BCUT2D eigenvalue weighted by molar-refractivity contribution is 6.08. The van der Waals surface area contributed by atoms with Crippen molar-refractivity contribution in [3.63, 3.8) is 0 Å². The Labute approximate surface area is 169 Å². The average molecular weight is 394 g/mol. The van der Waals surface area contributed by atoms with E-state index < -0.39 is 11.8 Å². The van der Waals surface area contributed by atoms with E-state index in [1.165, 1.54) is 32.5 Å². The van der Waals surface area contributed by atoms with Crippen molar-refractivity contribution in [2.45, 2.75) is 25.7 Å². The van der Waals surface area contributed by atoms with Crippen LogP contribution in [0, 0.1) is 17.1 Å². The van der Waals surface area contributed by atoms with E-state index in [9.17, 15) is 14.4 Å². The number of nitrogens with zero attached hydrogens (tertiary/aromatic N) is 2. The molecule has 1 aromatic carbocycles. The van der Waals surface area contributed by atoms with Crippen LogP contribution in [0.4, 0.5) is 4.39 Å². The van der Waals surface area contributed by atoms with Crippen LogP contribution in [0.15, 0.2) is 64.2 Å². The Morgan fingerprint density at radius 2 is 2.21 bits per heavy atom. The fraction of sp³-hybridized carbons (Fsp3) is 0.261. The molecule has 0 amide bonds. The molecule has 0 heterocycles. The van der Waals surface area contributed by atoms with Crippen molar-refractivity contribution in [1.82, 2.24) is 0 Å². The van der Waals surface area contributed by atoms with Gasteiger partial charge in [0.1, 0.15) is 11.6 Å². The second-order valence-electron chi connectivity index (χ2n) is 6.41. The first-order valence-corrected chi connectivity index (χ1v) is 9.20. The van der Waals surface area contributed by atoms with Gasteiger partial charge in [0.15, 0.2) is 0 Å². The van der Waals surface area contributed by atoms with Gasteiger partial charge in [0.2, 0.25) is 0 Å². The molecule has 1 aromatic rings. The first kappa shape index (κ1) is 21.8. The van der Waals surface area contributed by atoms with Crippen LogP contribution in [0.5, 0.6) is 5.75 Å². The molecule has 0 aromatic heterocycles. The predicted molar refractivity (Wildman–Crippen MR) is 111 cm³/mol. The zero-order valence-corrected chi connectivity index (χ0v) is 16.5. The molecule has 29 heavy (non-hydrogen) atoms. The van der Waals surface area contributed by atoms with E-state index in [1.54, 1.807) is 24.3 Å². The van der Waals surface area contributed by atoms with Crippen LogP contribution in [0.3, 0.4) is 0 Å². The Bertz CT molecular complexity index is 963. The normalized spacial score (nSPS) is 20.3. The molecule has 0 aliphatic heterocycles. The van der Waals surface area contributed by atoms with E-state index >= 15 is 0 Å². The van der Waals surface area contributed by atoms with Crippen molar-refractivity contribution in [3.05, 3.63) is 70.6 Å². The van der Waals surface area contributed by atoms with Gasteiger partial charge in [-0.3, -0.25) is 4.99 Å². The zero-order valence-electron chi connectivity index (χ0n) is 16.5. The number of carboxylic acids is 1. The Kier molecular flexibility index (Phi) is 8.11. The van der Waals surface area contributed by atoms with Crippen LogP contribution in [-0.2, 0) is 4.79 Å². The molecular formula is C23H23FN2O3. The molecule has 0 fully saturated rings. The lowest BCUT2D eigenvalue weighted by Gasteiger charge is -2.13. The number of carboxylic acid groups (broad SMARTS) is 1. The monoisotopic (exact) mass is 394 g/mol. The number of nitriles is 1. The largest absolute Gasteiger partial charge is 0.497 e. The van der Waals surface area contributed by atoms with E-state index in [0.717, 1.165) is 12.0 Å². The van der Waals surface area contributed by atoms with Gasteiger partial charge in [-0.1, -0.05) is 29.9 Å². The van der Waals surface area contributed by atoms with Crippen LogP contribution in [0.2, 0.25) is 0 Å². The van der Waals surface area contributed by atoms with Crippen molar-refractivity contribution < 1.29 is 19.0 Å². The number of benzene rings is 1. The molecule has 0 unspecified atom stereocenters. The lowest BCUT2D eigenvalue weighted by molar-refractivity contribution is -0.132. The molecule has 0 saturated carbocycles. The Morgan fingerprint density at radius 3 is 2.86 bits per heavy atom. The van der Waals surface area contributed by atoms with E-state index in [2.05, 4.69) is 11.1 Å². The number of allylic oxidation sites excluding steroid dienone is 7. The van der Waals surface area contributed by atoms with Crippen LogP contribution in [0.25, 0.3) is 5.57 Å². The molecule has 5 nitrogen and oxygen atoms in total. The molecule has 0 radical (unpaired) electrons. The van der Waals surface area contributed by atoms with Crippen molar-refractivity contribution in [2.24, 2.45) is 4.99 Å². The summed E-state index contributed by atoms with van der Waals surface area (Å²) in [7, 11) is 3.03. The van der Waals surface area contributed by atoms with Crippen LogP contribution in [-0.4, -0.2) is 31.4 Å². The number of hydrogen-bond acceptors (Lipinski definition) is 4. The summed E-state index contributed by atoms with van der Waals surface area (Å²) in [5.74, 6) is -0.934. The van der Waals surface area contributed by atoms with Crippen LogP contribution < -0.4 is 4.74 Å². The van der Waals surface area contributed by atoms with Gasteiger partial charge in [-0.05, 0) is 43.9 Å². The quantitative estimate of drug-likeness (QED) is 0.528. The van der Waals surface area contributed by atoms with Gasteiger partial charge in [-0.25, -0.2) is 9.18 Å². The third-order valence-electron chi connectivity index (χ3n) is 4.52. The van der Waals surface area contributed by atoms with Gasteiger partial charge in [0.05, 0.1) is 24.3 Å². The summed E-state index contributed by atoms with van der Waals surface area (Å²) in [6.07, 6.45) is 11.0. The fourth-order valence-electron chi connectivity index (χ4n) is 3.02. The number of ether oxygens (including phenoxy) is 1. The lowest BCUT2D eigenvalue weighted by atomic mass is 9.92. The fourth-order valence-corrected chi connectivity index (χ4v) is 3.02. The maximum atomic E-state index is 14.4. The van der Waals surface area contributed by atoms with Crippen LogP contribution in [0.1, 0.15) is 31.2 Å². The molecular weight excluding hydrogens is 371 g/mol. The molecule has 1 N–H and O–H groups in total. The highest BCUT2D eigenvalue weighted by Crippen LogP contribution is 2.31. The lowest BCUT2D eigenvalue weighted by Crippen LogP contribution is -2.01. The number of hydrogen-bond donors (Lipinski definition) is 1. The van der Waals surface area contributed by atoms with E-state index in [0.29, 0.717) is 41.7 Å². The number of halogens is 1. The maximum Gasteiger partial charge on any atom is 0.336 e. The standard InChI is InChI=1S/C23H23FN2O3/c1-26-15-18(23(27)28)8-4-6-16-5-3-7-17(14-25)20(11-9-16)21-13-19(29-2)10-12-22(21)24/h7-13,15H,3-6H2,1-2H3,(H,27,28)/b16-9+,17-7-,18-8+,20-11+,26-15?. The Hall–Kier alpha value is -3.46. The molecule has 6 heteroatoms. The second kappa shape index (κ2) is 10.8. The van der Waals surface area contributed by atoms with E-state index in [-0.39, 0.29) is 5.57 Å². The molecule has 0 atom stereocenters. The SMILES string of the molecule is CN=C/C(=C\CC/C1=C/C=C(c2cc(OC)ccc2F)\C(C#N)=C/CC1)C(=O)O. The smallest absolute Gasteiger partial charge is 0.336 e. The van der Waals surface area contributed by atoms with Gasteiger partial charge in [-0.2, -0.15) is 5.26 Å². The molecule has 150 valence electrons. The first-order valence-electron chi connectivity index (χ1n) is 9.20. The second-order valence-corrected chi connectivity index (χ2v) is 6.41. The average Bonchev–Trinajstić information content (AvgIpc) is 2.69. The summed E-state index contributed by atoms with van der Waals surface area (Å²) < 4.78 is 19.6. The molecule has 1 aliphatic rings. The van der Waals surface area contributed by atoms with E-state index in [4.69, 9.17) is 9.84 Å². The molecule has 0 saturated heterocycles. The number of carbonyl (C=O) groups is 1. The minimum Gasteiger partial charge on any atom is -0.497 e. The maximum absolute atomic E-state index is 14.4. The highest BCUT2D eigenvalue weighted by Gasteiger charge is 2.15. The molecule has 0 bridgehead atoms. The third kappa shape index (κ3) is 6.01. The van der Waals surface area contributed by atoms with Gasteiger partial charge < -0.3 is 9.84 Å². The topological polar surface area (TPSA) is 82.7 Å². The van der Waals surface area contributed by atoms with Crippen molar-refractivity contribution >= 4 is 17.8 Å². The van der Waals surface area contributed by atoms with Crippen molar-refractivity contribution in [3.8, 4) is 11.8 Å². The minimum absolute atomic E-state index is 0.153. The van der Waals surface area contributed by atoms with Gasteiger partial charge in [0.25, 0.3) is 0 Å². The number of aliphatic imine (C=N–C) groups is 1. The van der Waals surface area contributed by atoms with E-state index in [1.807, 2.05) is 6.08 Å². The number of aliphatic carboxylic acids is 1. The first-order chi connectivity index (χ1) is 14.0. The van der Waals surface area contributed by atoms with Gasteiger partial charge in [-0.15, -0.1) is 0 Å². The summed E-state index contributed by atoms with van der Waals surface area (Å²) in [6.45, 7) is 0.